The molecule has 0 aromatic heterocycles. The zero-order valence-electron chi connectivity index (χ0n) is 12.7. The monoisotopic (exact) mass is 332 g/mol. The first-order chi connectivity index (χ1) is 9.39. The van der Waals surface area contributed by atoms with Crippen LogP contribution in [0, 0.1) is 5.92 Å². The summed E-state index contributed by atoms with van der Waals surface area (Å²) in [5, 5.41) is 0. The Morgan fingerprint density at radius 2 is 1.90 bits per heavy atom. The smallest absolute Gasteiger partial charge is 0.243 e. The van der Waals surface area contributed by atoms with Crippen LogP contribution in [0.25, 0.3) is 0 Å². The van der Waals surface area contributed by atoms with E-state index < -0.39 is 10.0 Å². The zero-order chi connectivity index (χ0) is 14.8. The second-order valence-corrected chi connectivity index (χ2v) is 7.95. The Bertz CT molecular complexity index is 543. The van der Waals surface area contributed by atoms with Crippen LogP contribution in [0.5, 0.6) is 0 Å². The van der Waals surface area contributed by atoms with Crippen molar-refractivity contribution in [3.8, 4) is 0 Å². The lowest BCUT2D eigenvalue weighted by Crippen LogP contribution is -2.45. The van der Waals surface area contributed by atoms with E-state index in [-0.39, 0.29) is 18.4 Å². The first-order valence-corrected chi connectivity index (χ1v) is 8.68. The lowest BCUT2D eigenvalue weighted by Gasteiger charge is -2.29. The molecule has 1 saturated heterocycles. The maximum atomic E-state index is 12.5. The largest absolute Gasteiger partial charge is 0.327 e. The fraction of sp³-hybridized carbons (Fsp3) is 0.600. The molecule has 2 rings (SSSR count). The Kier molecular flexibility index (Phi) is 6.66. The number of sulfonamides is 1. The minimum atomic E-state index is -3.39. The van der Waals surface area contributed by atoms with Crippen LogP contribution in [0.15, 0.2) is 29.2 Å². The number of rotatable bonds is 4. The maximum absolute atomic E-state index is 12.5. The predicted molar refractivity (Wildman–Crippen MR) is 88.2 cm³/mol. The van der Waals surface area contributed by atoms with Gasteiger partial charge in [-0.15, -0.1) is 12.4 Å². The summed E-state index contributed by atoms with van der Waals surface area (Å²) in [6.45, 7) is 5.30. The molecular weight excluding hydrogens is 308 g/mol. The second-order valence-electron chi connectivity index (χ2n) is 6.01. The third-order valence-corrected chi connectivity index (χ3v) is 5.51. The van der Waals surface area contributed by atoms with Gasteiger partial charge in [0.15, 0.2) is 0 Å². The molecule has 1 fully saturated rings. The van der Waals surface area contributed by atoms with Gasteiger partial charge in [-0.3, -0.25) is 0 Å². The molecule has 6 heteroatoms. The lowest BCUT2D eigenvalue weighted by atomic mass is 10.0. The molecule has 1 atom stereocenters. The Labute approximate surface area is 134 Å². The molecule has 0 unspecified atom stereocenters. The van der Waals surface area contributed by atoms with Crippen molar-refractivity contribution in [2.24, 2.45) is 11.7 Å². The highest BCUT2D eigenvalue weighted by Gasteiger charge is 2.28. The van der Waals surface area contributed by atoms with Crippen molar-refractivity contribution in [2.75, 3.05) is 13.1 Å². The first kappa shape index (κ1) is 18.4. The number of hydrogen-bond donors (Lipinski definition) is 1. The summed E-state index contributed by atoms with van der Waals surface area (Å²) in [4.78, 5) is 0.374. The molecule has 1 aliphatic rings. The Morgan fingerprint density at radius 1 is 1.29 bits per heavy atom. The van der Waals surface area contributed by atoms with Gasteiger partial charge in [0.25, 0.3) is 0 Å². The predicted octanol–water partition coefficient (Wildman–Crippen LogP) is 2.42. The van der Waals surface area contributed by atoms with Gasteiger partial charge in [-0.2, -0.15) is 4.31 Å². The average molecular weight is 333 g/mol. The van der Waals surface area contributed by atoms with Crippen LogP contribution in [0.1, 0.15) is 32.3 Å². The molecule has 0 aliphatic carbocycles. The van der Waals surface area contributed by atoms with Crippen LogP contribution < -0.4 is 5.73 Å². The minimum absolute atomic E-state index is 0. The van der Waals surface area contributed by atoms with Crippen LogP contribution in [-0.2, 0) is 16.4 Å². The summed E-state index contributed by atoms with van der Waals surface area (Å²) >= 11 is 0. The molecule has 0 saturated carbocycles. The van der Waals surface area contributed by atoms with Gasteiger partial charge in [-0.1, -0.05) is 26.0 Å². The summed E-state index contributed by atoms with van der Waals surface area (Å²) < 4.78 is 26.6. The van der Waals surface area contributed by atoms with Crippen LogP contribution in [0.2, 0.25) is 0 Å². The van der Waals surface area contributed by atoms with Gasteiger partial charge in [0.05, 0.1) is 4.90 Å². The molecule has 1 aromatic rings. The minimum Gasteiger partial charge on any atom is -0.327 e. The molecule has 1 heterocycles. The standard InChI is InChI=1S/C15H24N2O2S.ClH/c1-12(2)10-13-5-7-15(8-6-13)20(18,19)17-9-3-4-14(16)11-17;/h5-8,12,14H,3-4,9-11,16H2,1-2H3;1H/t14-;/m1./s1. The second kappa shape index (κ2) is 7.58. The fourth-order valence-electron chi connectivity index (χ4n) is 2.61. The van der Waals surface area contributed by atoms with Gasteiger partial charge in [-0.05, 0) is 42.9 Å². The van der Waals surface area contributed by atoms with Crippen LogP contribution in [0.4, 0.5) is 0 Å². The van der Waals surface area contributed by atoms with E-state index in [1.807, 2.05) is 12.1 Å². The third-order valence-electron chi connectivity index (χ3n) is 3.63. The Hall–Kier alpha value is -0.620. The molecular formula is C15H25ClN2O2S. The third kappa shape index (κ3) is 4.68. The molecule has 1 aromatic carbocycles. The molecule has 0 bridgehead atoms. The van der Waals surface area contributed by atoms with Gasteiger partial charge in [0.2, 0.25) is 10.0 Å². The van der Waals surface area contributed by atoms with Crippen molar-refractivity contribution in [1.82, 2.24) is 4.31 Å². The van der Waals surface area contributed by atoms with Crippen molar-refractivity contribution in [3.63, 3.8) is 0 Å². The highest BCUT2D eigenvalue weighted by atomic mass is 35.5. The lowest BCUT2D eigenvalue weighted by molar-refractivity contribution is 0.316. The Balaban J connectivity index is 0.00000220. The summed E-state index contributed by atoms with van der Waals surface area (Å²) in [6, 6.07) is 7.21. The van der Waals surface area contributed by atoms with E-state index in [1.165, 1.54) is 9.87 Å². The maximum Gasteiger partial charge on any atom is 0.243 e. The van der Waals surface area contributed by atoms with E-state index >= 15 is 0 Å². The zero-order valence-corrected chi connectivity index (χ0v) is 14.3. The number of halogens is 1. The van der Waals surface area contributed by atoms with E-state index in [2.05, 4.69) is 13.8 Å². The quantitative estimate of drug-likeness (QED) is 0.921. The molecule has 2 N–H and O–H groups in total. The van der Waals surface area contributed by atoms with Crippen LogP contribution >= 0.6 is 12.4 Å². The number of nitrogens with zero attached hydrogens (tertiary/aromatic N) is 1. The molecule has 0 radical (unpaired) electrons. The van der Waals surface area contributed by atoms with Crippen molar-refractivity contribution >= 4 is 22.4 Å². The van der Waals surface area contributed by atoms with Gasteiger partial charge >= 0.3 is 0 Å². The van der Waals surface area contributed by atoms with E-state index in [9.17, 15) is 8.42 Å². The van der Waals surface area contributed by atoms with Crippen LogP contribution in [0.3, 0.4) is 0 Å². The molecule has 4 nitrogen and oxygen atoms in total. The summed E-state index contributed by atoms with van der Waals surface area (Å²) in [5.74, 6) is 0.567. The number of nitrogens with two attached hydrogens (primary N) is 1. The first-order valence-electron chi connectivity index (χ1n) is 7.24. The van der Waals surface area contributed by atoms with Crippen molar-refractivity contribution in [1.29, 1.82) is 0 Å². The van der Waals surface area contributed by atoms with Gasteiger partial charge < -0.3 is 5.73 Å². The number of benzene rings is 1. The van der Waals surface area contributed by atoms with Crippen molar-refractivity contribution in [2.45, 2.75) is 44.0 Å². The molecule has 120 valence electrons. The Morgan fingerprint density at radius 3 is 2.43 bits per heavy atom. The highest BCUT2D eigenvalue weighted by Crippen LogP contribution is 2.21. The average Bonchev–Trinajstić information content (AvgIpc) is 2.38. The van der Waals surface area contributed by atoms with E-state index in [0.29, 0.717) is 23.9 Å². The van der Waals surface area contributed by atoms with Crippen molar-refractivity contribution < 1.29 is 8.42 Å². The van der Waals surface area contributed by atoms with Gasteiger partial charge in [-0.25, -0.2) is 8.42 Å². The van der Waals surface area contributed by atoms with E-state index in [4.69, 9.17) is 5.73 Å². The molecule has 0 amide bonds. The SMILES string of the molecule is CC(C)Cc1ccc(S(=O)(=O)N2CCC[C@@H](N)C2)cc1.Cl. The summed E-state index contributed by atoms with van der Waals surface area (Å²) in [7, 11) is -3.39. The summed E-state index contributed by atoms with van der Waals surface area (Å²) in [5.41, 5.74) is 7.05. The van der Waals surface area contributed by atoms with Gasteiger partial charge in [0.1, 0.15) is 0 Å². The topological polar surface area (TPSA) is 63.4 Å². The van der Waals surface area contributed by atoms with E-state index in [0.717, 1.165) is 19.3 Å². The fourth-order valence-corrected chi connectivity index (χ4v) is 4.15. The van der Waals surface area contributed by atoms with Crippen LogP contribution in [-0.4, -0.2) is 31.9 Å². The number of hydrogen-bond acceptors (Lipinski definition) is 3. The normalized spacial score (nSPS) is 20.3. The number of piperidine rings is 1. The summed E-state index contributed by atoms with van der Waals surface area (Å²) in [6.07, 6.45) is 2.71. The van der Waals surface area contributed by atoms with E-state index in [1.54, 1.807) is 12.1 Å². The molecule has 0 spiro atoms. The highest BCUT2D eigenvalue weighted by molar-refractivity contribution is 7.89. The molecule has 21 heavy (non-hydrogen) atoms. The molecule has 1 aliphatic heterocycles. The van der Waals surface area contributed by atoms with Crippen molar-refractivity contribution in [3.05, 3.63) is 29.8 Å². The van der Waals surface area contributed by atoms with Gasteiger partial charge in [0, 0.05) is 19.1 Å².